The van der Waals surface area contributed by atoms with Gasteiger partial charge < -0.3 is 14.2 Å². The molecule has 0 fully saturated rings. The maximum Gasteiger partial charge on any atom is 0.338 e. The van der Waals surface area contributed by atoms with Gasteiger partial charge in [0.05, 0.1) is 42.7 Å². The Labute approximate surface area is 205 Å². The summed E-state index contributed by atoms with van der Waals surface area (Å²) in [5, 5.41) is 0.535. The van der Waals surface area contributed by atoms with Crippen LogP contribution in [0.5, 0.6) is 11.5 Å². The van der Waals surface area contributed by atoms with Crippen molar-refractivity contribution in [2.45, 2.75) is 19.9 Å². The number of aromatic nitrogens is 1. The van der Waals surface area contributed by atoms with Crippen LogP contribution in [-0.2, 0) is 9.53 Å². The average molecular weight is 499 g/mol. The van der Waals surface area contributed by atoms with E-state index in [-0.39, 0.29) is 12.2 Å². The fourth-order valence-electron chi connectivity index (χ4n) is 3.86. The molecule has 0 spiro atoms. The summed E-state index contributed by atoms with van der Waals surface area (Å²) in [4.78, 5) is 31.7. The predicted molar refractivity (Wildman–Crippen MR) is 131 cm³/mol. The molecule has 2 aromatic carbocycles. The maximum absolute atomic E-state index is 13.6. The quantitative estimate of drug-likeness (QED) is 0.486. The highest BCUT2D eigenvalue weighted by atomic mass is 35.5. The summed E-state index contributed by atoms with van der Waals surface area (Å²) in [6.07, 6.45) is 1.74. The van der Waals surface area contributed by atoms with Crippen molar-refractivity contribution >= 4 is 35.0 Å². The Hall–Kier alpha value is -3.36. The summed E-state index contributed by atoms with van der Waals surface area (Å²) in [6.45, 7) is 3.67. The highest BCUT2D eigenvalue weighted by Gasteiger charge is 2.33. The van der Waals surface area contributed by atoms with Crippen molar-refractivity contribution in [3.05, 3.63) is 89.6 Å². The minimum Gasteiger partial charge on any atom is -0.493 e. The molecule has 1 aliphatic heterocycles. The Bertz CT molecular complexity index is 1470. The molecule has 7 nitrogen and oxygen atoms in total. The largest absolute Gasteiger partial charge is 0.493 e. The lowest BCUT2D eigenvalue weighted by Crippen LogP contribution is -2.40. The Balaban J connectivity index is 1.99. The standard InChI is InChI=1S/C25H23ClN2O5S/c1-5-33-24(30)21-14(2)27-25-28(22(21)16-10-11-18(31-3)19(12-16)32-4)23(29)20(34-25)13-15-8-6-7-9-17(15)26/h6-13,22H,5H2,1-4H3/b20-13+/t22-/m0/s1. The van der Waals surface area contributed by atoms with Crippen LogP contribution in [0, 0.1) is 0 Å². The monoisotopic (exact) mass is 498 g/mol. The number of nitrogens with zero attached hydrogens (tertiary/aromatic N) is 2. The number of benzene rings is 2. The third-order valence-electron chi connectivity index (χ3n) is 5.43. The second-order valence-corrected chi connectivity index (χ2v) is 8.85. The first-order chi connectivity index (χ1) is 16.4. The molecule has 34 heavy (non-hydrogen) atoms. The van der Waals surface area contributed by atoms with Crippen molar-refractivity contribution in [1.82, 2.24) is 4.57 Å². The van der Waals surface area contributed by atoms with Crippen LogP contribution < -0.4 is 24.4 Å². The summed E-state index contributed by atoms with van der Waals surface area (Å²) < 4.78 is 18.1. The molecular weight excluding hydrogens is 476 g/mol. The summed E-state index contributed by atoms with van der Waals surface area (Å²) >= 11 is 7.55. The zero-order valence-electron chi connectivity index (χ0n) is 19.1. The smallest absolute Gasteiger partial charge is 0.338 e. The maximum atomic E-state index is 13.6. The summed E-state index contributed by atoms with van der Waals surface area (Å²) in [7, 11) is 3.08. The van der Waals surface area contributed by atoms with E-state index < -0.39 is 12.0 Å². The SMILES string of the molecule is CCOC(=O)C1=C(C)N=c2s/c(=C/c3ccccc3Cl)c(=O)n2[C@H]1c1ccc(OC)c(OC)c1. The van der Waals surface area contributed by atoms with E-state index in [1.54, 1.807) is 51.3 Å². The molecule has 2 heterocycles. The van der Waals surface area contributed by atoms with E-state index in [1.165, 1.54) is 23.0 Å². The van der Waals surface area contributed by atoms with E-state index >= 15 is 0 Å². The highest BCUT2D eigenvalue weighted by molar-refractivity contribution is 7.07. The van der Waals surface area contributed by atoms with Gasteiger partial charge in [0, 0.05) is 5.02 Å². The van der Waals surface area contributed by atoms with E-state index in [1.807, 2.05) is 18.2 Å². The van der Waals surface area contributed by atoms with Crippen LogP contribution >= 0.6 is 22.9 Å². The molecule has 0 amide bonds. The molecule has 0 radical (unpaired) electrons. The van der Waals surface area contributed by atoms with Crippen molar-refractivity contribution in [3.63, 3.8) is 0 Å². The number of carbonyl (C=O) groups excluding carboxylic acids is 1. The van der Waals surface area contributed by atoms with E-state index in [2.05, 4.69) is 4.99 Å². The molecule has 1 aliphatic rings. The number of carbonyl (C=O) groups is 1. The van der Waals surface area contributed by atoms with Gasteiger partial charge in [-0.2, -0.15) is 0 Å². The first-order valence-corrected chi connectivity index (χ1v) is 11.7. The Morgan fingerprint density at radius 2 is 1.91 bits per heavy atom. The second kappa shape index (κ2) is 9.87. The molecule has 9 heteroatoms. The number of hydrogen-bond donors (Lipinski definition) is 0. The lowest BCUT2D eigenvalue weighted by Gasteiger charge is -2.25. The van der Waals surface area contributed by atoms with Crippen molar-refractivity contribution in [2.24, 2.45) is 4.99 Å². The zero-order chi connectivity index (χ0) is 24.4. The van der Waals surface area contributed by atoms with Gasteiger partial charge in [0.2, 0.25) is 0 Å². The lowest BCUT2D eigenvalue weighted by molar-refractivity contribution is -0.139. The molecule has 176 valence electrons. The van der Waals surface area contributed by atoms with Crippen LogP contribution in [0.2, 0.25) is 5.02 Å². The normalized spacial score (nSPS) is 15.6. The topological polar surface area (TPSA) is 79.1 Å². The number of ether oxygens (including phenoxy) is 3. The molecule has 0 N–H and O–H groups in total. The minimum absolute atomic E-state index is 0.200. The van der Waals surface area contributed by atoms with Crippen LogP contribution in [0.1, 0.15) is 31.0 Å². The number of allylic oxidation sites excluding steroid dienone is 1. The minimum atomic E-state index is -0.747. The fourth-order valence-corrected chi connectivity index (χ4v) is 5.09. The van der Waals surface area contributed by atoms with Crippen LogP contribution in [0.4, 0.5) is 0 Å². The molecule has 3 aromatic rings. The number of halogens is 1. The van der Waals surface area contributed by atoms with Crippen molar-refractivity contribution in [3.8, 4) is 11.5 Å². The van der Waals surface area contributed by atoms with Gasteiger partial charge in [0.1, 0.15) is 0 Å². The zero-order valence-corrected chi connectivity index (χ0v) is 20.7. The van der Waals surface area contributed by atoms with Gasteiger partial charge in [0.15, 0.2) is 16.3 Å². The molecule has 0 saturated carbocycles. The predicted octanol–water partition coefficient (Wildman–Crippen LogP) is 3.47. The summed E-state index contributed by atoms with van der Waals surface area (Å²) in [5.41, 5.74) is 1.89. The number of hydrogen-bond acceptors (Lipinski definition) is 7. The number of thiazole rings is 1. The first-order valence-electron chi connectivity index (χ1n) is 10.6. The summed E-state index contributed by atoms with van der Waals surface area (Å²) in [6, 6.07) is 11.8. The van der Waals surface area contributed by atoms with Crippen LogP contribution in [-0.4, -0.2) is 31.4 Å². The van der Waals surface area contributed by atoms with Gasteiger partial charge in [-0.3, -0.25) is 9.36 Å². The summed E-state index contributed by atoms with van der Waals surface area (Å²) in [5.74, 6) is 0.496. The number of methoxy groups -OCH3 is 2. The van der Waals surface area contributed by atoms with Crippen molar-refractivity contribution in [1.29, 1.82) is 0 Å². The van der Waals surface area contributed by atoms with Gasteiger partial charge in [-0.1, -0.05) is 47.2 Å². The van der Waals surface area contributed by atoms with E-state index in [9.17, 15) is 9.59 Å². The van der Waals surface area contributed by atoms with E-state index in [0.29, 0.717) is 42.7 Å². The average Bonchev–Trinajstić information content (AvgIpc) is 3.13. The van der Waals surface area contributed by atoms with Crippen LogP contribution in [0.3, 0.4) is 0 Å². The van der Waals surface area contributed by atoms with E-state index in [4.69, 9.17) is 25.8 Å². The number of rotatable bonds is 6. The number of fused-ring (bicyclic) bond motifs is 1. The second-order valence-electron chi connectivity index (χ2n) is 7.44. The van der Waals surface area contributed by atoms with Crippen LogP contribution in [0.15, 0.2) is 63.5 Å². The fraction of sp³-hybridized carbons (Fsp3) is 0.240. The van der Waals surface area contributed by atoms with E-state index in [0.717, 1.165) is 5.56 Å². The molecule has 4 rings (SSSR count). The van der Waals surface area contributed by atoms with Crippen LogP contribution in [0.25, 0.3) is 6.08 Å². The van der Waals surface area contributed by atoms with Crippen molar-refractivity contribution in [2.75, 3.05) is 20.8 Å². The van der Waals surface area contributed by atoms with Gasteiger partial charge in [-0.05, 0) is 49.2 Å². The lowest BCUT2D eigenvalue weighted by atomic mass is 9.95. The molecular formula is C25H23ClN2O5S. The Morgan fingerprint density at radius 1 is 1.18 bits per heavy atom. The van der Waals surface area contributed by atoms with Gasteiger partial charge >= 0.3 is 5.97 Å². The molecule has 0 unspecified atom stereocenters. The molecule has 0 bridgehead atoms. The molecule has 1 atom stereocenters. The third kappa shape index (κ3) is 4.26. The van der Waals surface area contributed by atoms with Crippen molar-refractivity contribution < 1.29 is 19.0 Å². The molecule has 1 aromatic heterocycles. The van der Waals surface area contributed by atoms with Gasteiger partial charge in [0.25, 0.3) is 5.56 Å². The number of esters is 1. The Kier molecular flexibility index (Phi) is 6.90. The Morgan fingerprint density at radius 3 is 2.59 bits per heavy atom. The first kappa shape index (κ1) is 23.8. The molecule has 0 saturated heterocycles. The van der Waals surface area contributed by atoms with Gasteiger partial charge in [-0.25, -0.2) is 9.79 Å². The van der Waals surface area contributed by atoms with Gasteiger partial charge in [-0.15, -0.1) is 0 Å². The third-order valence-corrected chi connectivity index (χ3v) is 6.76. The highest BCUT2D eigenvalue weighted by Crippen LogP contribution is 2.36. The molecule has 0 aliphatic carbocycles.